The number of fused-ring (bicyclic) bond motifs is 1. The molecular weight excluding hydrogens is 272 g/mol. The standard InChI is InChI=1S/C15H12N2O2S/c18-14-15(19)17-12(8-16-14)9-20-13-6-5-10-3-1-2-4-11(10)7-13/h1-8H,9H2,(H,16,18)(H,17,19). The van der Waals surface area contributed by atoms with Gasteiger partial charge in [-0.3, -0.25) is 9.59 Å². The second kappa shape index (κ2) is 5.38. The average molecular weight is 284 g/mol. The van der Waals surface area contributed by atoms with E-state index in [2.05, 4.69) is 40.3 Å². The Morgan fingerprint density at radius 3 is 2.55 bits per heavy atom. The van der Waals surface area contributed by atoms with Gasteiger partial charge in [0.15, 0.2) is 0 Å². The molecule has 1 heterocycles. The summed E-state index contributed by atoms with van der Waals surface area (Å²) in [6.07, 6.45) is 1.54. The summed E-state index contributed by atoms with van der Waals surface area (Å²) in [4.78, 5) is 28.3. The number of aromatic amines is 2. The summed E-state index contributed by atoms with van der Waals surface area (Å²) in [5, 5.41) is 2.39. The minimum atomic E-state index is -0.621. The summed E-state index contributed by atoms with van der Waals surface area (Å²) in [5.74, 6) is 0.602. The summed E-state index contributed by atoms with van der Waals surface area (Å²) in [5.41, 5.74) is -0.529. The van der Waals surface area contributed by atoms with Crippen molar-refractivity contribution in [3.63, 3.8) is 0 Å². The monoisotopic (exact) mass is 284 g/mol. The van der Waals surface area contributed by atoms with Crippen molar-refractivity contribution in [1.82, 2.24) is 9.97 Å². The molecule has 0 spiro atoms. The van der Waals surface area contributed by atoms with Gasteiger partial charge in [-0.1, -0.05) is 30.3 Å². The lowest BCUT2D eigenvalue weighted by molar-refractivity contribution is 1.01. The fourth-order valence-electron chi connectivity index (χ4n) is 1.95. The van der Waals surface area contributed by atoms with Gasteiger partial charge in [-0.2, -0.15) is 0 Å². The smallest absolute Gasteiger partial charge is 0.313 e. The van der Waals surface area contributed by atoms with Gasteiger partial charge in [-0.25, -0.2) is 0 Å². The van der Waals surface area contributed by atoms with Gasteiger partial charge in [0, 0.05) is 22.5 Å². The van der Waals surface area contributed by atoms with Crippen LogP contribution in [0.5, 0.6) is 0 Å². The lowest BCUT2D eigenvalue weighted by Gasteiger charge is -2.03. The molecule has 0 radical (unpaired) electrons. The molecule has 100 valence electrons. The molecule has 0 saturated heterocycles. The van der Waals surface area contributed by atoms with E-state index in [4.69, 9.17) is 0 Å². The quantitative estimate of drug-likeness (QED) is 0.573. The van der Waals surface area contributed by atoms with E-state index in [0.717, 1.165) is 4.90 Å². The maximum atomic E-state index is 11.2. The van der Waals surface area contributed by atoms with E-state index in [1.807, 2.05) is 12.1 Å². The van der Waals surface area contributed by atoms with Crippen molar-refractivity contribution in [3.05, 3.63) is 75.1 Å². The predicted octanol–water partition coefficient (Wildman–Crippen LogP) is 2.51. The Balaban J connectivity index is 1.81. The SMILES string of the molecule is O=c1[nH]cc(CSc2ccc3ccccc3c2)[nH]c1=O. The van der Waals surface area contributed by atoms with Crippen LogP contribution in [0.1, 0.15) is 5.69 Å². The number of hydrogen-bond acceptors (Lipinski definition) is 3. The van der Waals surface area contributed by atoms with Crippen LogP contribution in [0, 0.1) is 0 Å². The highest BCUT2D eigenvalue weighted by Gasteiger charge is 2.01. The topological polar surface area (TPSA) is 65.7 Å². The van der Waals surface area contributed by atoms with Crippen LogP contribution in [0.25, 0.3) is 10.8 Å². The molecule has 0 amide bonds. The van der Waals surface area contributed by atoms with Crippen molar-refractivity contribution in [2.24, 2.45) is 0 Å². The Labute approximate surface area is 118 Å². The predicted molar refractivity (Wildman–Crippen MR) is 81.2 cm³/mol. The first-order valence-corrected chi connectivity index (χ1v) is 7.13. The molecule has 0 bridgehead atoms. The Morgan fingerprint density at radius 1 is 0.950 bits per heavy atom. The second-order valence-electron chi connectivity index (χ2n) is 4.39. The van der Waals surface area contributed by atoms with Gasteiger partial charge in [0.25, 0.3) is 0 Å². The lowest BCUT2D eigenvalue weighted by Crippen LogP contribution is -2.29. The molecule has 2 N–H and O–H groups in total. The Bertz CT molecular complexity index is 867. The highest BCUT2D eigenvalue weighted by atomic mass is 32.2. The van der Waals surface area contributed by atoms with Crippen molar-refractivity contribution < 1.29 is 0 Å². The molecule has 0 saturated carbocycles. The third-order valence-corrected chi connectivity index (χ3v) is 4.02. The Kier molecular flexibility index (Phi) is 3.43. The molecule has 5 heteroatoms. The Hall–Kier alpha value is -2.27. The zero-order valence-corrected chi connectivity index (χ0v) is 11.4. The molecule has 0 fully saturated rings. The van der Waals surface area contributed by atoms with Gasteiger partial charge in [0.1, 0.15) is 0 Å². The maximum Gasteiger partial charge on any atom is 0.313 e. The lowest BCUT2D eigenvalue weighted by atomic mass is 10.1. The first kappa shape index (κ1) is 12.7. The molecule has 20 heavy (non-hydrogen) atoms. The number of rotatable bonds is 3. The number of benzene rings is 2. The van der Waals surface area contributed by atoms with E-state index in [0.29, 0.717) is 11.4 Å². The van der Waals surface area contributed by atoms with Gasteiger partial charge >= 0.3 is 11.1 Å². The normalized spacial score (nSPS) is 10.8. The molecule has 1 aromatic heterocycles. The fraction of sp³-hybridized carbons (Fsp3) is 0.0667. The van der Waals surface area contributed by atoms with Crippen molar-refractivity contribution in [3.8, 4) is 0 Å². The van der Waals surface area contributed by atoms with Crippen LogP contribution in [0.15, 0.2) is 63.1 Å². The fourth-order valence-corrected chi connectivity index (χ4v) is 2.81. The molecule has 3 rings (SSSR count). The van der Waals surface area contributed by atoms with E-state index in [1.54, 1.807) is 11.8 Å². The summed E-state index contributed by atoms with van der Waals surface area (Å²) in [6.45, 7) is 0. The third-order valence-electron chi connectivity index (χ3n) is 2.97. The molecule has 4 nitrogen and oxygen atoms in total. The van der Waals surface area contributed by atoms with Crippen LogP contribution in [-0.4, -0.2) is 9.97 Å². The van der Waals surface area contributed by atoms with Crippen molar-refractivity contribution >= 4 is 22.5 Å². The number of nitrogens with one attached hydrogen (secondary N) is 2. The summed E-state index contributed by atoms with van der Waals surface area (Å²) < 4.78 is 0. The maximum absolute atomic E-state index is 11.2. The van der Waals surface area contributed by atoms with E-state index in [-0.39, 0.29) is 0 Å². The van der Waals surface area contributed by atoms with Gasteiger partial charge < -0.3 is 9.97 Å². The molecule has 0 aliphatic carbocycles. The van der Waals surface area contributed by atoms with Crippen LogP contribution in [-0.2, 0) is 5.75 Å². The summed E-state index contributed by atoms with van der Waals surface area (Å²) in [6, 6.07) is 14.4. The second-order valence-corrected chi connectivity index (χ2v) is 5.44. The number of hydrogen-bond donors (Lipinski definition) is 2. The minimum Gasteiger partial charge on any atom is -0.323 e. The van der Waals surface area contributed by atoms with E-state index >= 15 is 0 Å². The van der Waals surface area contributed by atoms with Gasteiger partial charge in [0.05, 0.1) is 0 Å². The molecule has 2 aromatic carbocycles. The van der Waals surface area contributed by atoms with E-state index in [9.17, 15) is 9.59 Å². The van der Waals surface area contributed by atoms with Crippen molar-refractivity contribution in [2.75, 3.05) is 0 Å². The van der Waals surface area contributed by atoms with Crippen LogP contribution in [0.4, 0.5) is 0 Å². The first-order valence-electron chi connectivity index (χ1n) is 6.15. The minimum absolute atomic E-state index is 0.602. The number of aromatic nitrogens is 2. The number of thioether (sulfide) groups is 1. The average Bonchev–Trinajstić information content (AvgIpc) is 2.48. The van der Waals surface area contributed by atoms with Gasteiger partial charge in [-0.05, 0) is 22.9 Å². The van der Waals surface area contributed by atoms with Crippen LogP contribution < -0.4 is 11.1 Å². The van der Waals surface area contributed by atoms with Gasteiger partial charge in [0.2, 0.25) is 0 Å². The molecule has 3 aromatic rings. The van der Waals surface area contributed by atoms with E-state index in [1.165, 1.54) is 17.0 Å². The highest BCUT2D eigenvalue weighted by molar-refractivity contribution is 7.98. The zero-order chi connectivity index (χ0) is 13.9. The third kappa shape index (κ3) is 2.67. The molecule has 0 aliphatic rings. The van der Waals surface area contributed by atoms with Crippen molar-refractivity contribution in [1.29, 1.82) is 0 Å². The van der Waals surface area contributed by atoms with Crippen LogP contribution in [0.2, 0.25) is 0 Å². The molecule has 0 unspecified atom stereocenters. The molecular formula is C15H12N2O2S. The molecule has 0 atom stereocenters. The summed E-state index contributed by atoms with van der Waals surface area (Å²) >= 11 is 1.61. The Morgan fingerprint density at radius 2 is 1.75 bits per heavy atom. The van der Waals surface area contributed by atoms with Crippen LogP contribution >= 0.6 is 11.8 Å². The molecule has 0 aliphatic heterocycles. The number of H-pyrrole nitrogens is 2. The van der Waals surface area contributed by atoms with Crippen LogP contribution in [0.3, 0.4) is 0 Å². The van der Waals surface area contributed by atoms with Crippen molar-refractivity contribution in [2.45, 2.75) is 10.6 Å². The summed E-state index contributed by atoms with van der Waals surface area (Å²) in [7, 11) is 0. The van der Waals surface area contributed by atoms with Gasteiger partial charge in [-0.15, -0.1) is 11.8 Å². The zero-order valence-electron chi connectivity index (χ0n) is 10.6. The highest BCUT2D eigenvalue weighted by Crippen LogP contribution is 2.25. The van der Waals surface area contributed by atoms with E-state index < -0.39 is 11.1 Å². The largest absolute Gasteiger partial charge is 0.323 e. The first-order chi connectivity index (χ1) is 9.72.